The van der Waals surface area contributed by atoms with Crippen LogP contribution in [-0.2, 0) is 6.54 Å². The van der Waals surface area contributed by atoms with Crippen LogP contribution < -0.4 is 19.1 Å². The van der Waals surface area contributed by atoms with Gasteiger partial charge in [-0.3, -0.25) is 4.79 Å². The number of benzene rings is 2. The van der Waals surface area contributed by atoms with E-state index in [0.29, 0.717) is 46.5 Å². The molecular weight excluding hydrogens is 382 g/mol. The number of allylic oxidation sites excluding steroid dienone is 1. The normalized spacial score (nSPS) is 22.0. The van der Waals surface area contributed by atoms with Crippen molar-refractivity contribution in [3.8, 4) is 23.0 Å². The van der Waals surface area contributed by atoms with E-state index in [1.165, 1.54) is 24.2 Å². The molecule has 2 atom stereocenters. The van der Waals surface area contributed by atoms with Crippen LogP contribution >= 0.6 is 0 Å². The molecule has 1 unspecified atom stereocenters. The van der Waals surface area contributed by atoms with E-state index in [0.717, 1.165) is 6.54 Å². The number of ketones is 1. The van der Waals surface area contributed by atoms with Gasteiger partial charge in [0.1, 0.15) is 12.3 Å². The second kappa shape index (κ2) is 8.40. The molecule has 0 aliphatic carbocycles. The zero-order valence-corrected chi connectivity index (χ0v) is 17.7. The molecule has 0 amide bonds. The second-order valence-electron chi connectivity index (χ2n) is 7.94. The maximum Gasteiger partial charge on any atom is 0.231 e. The van der Waals surface area contributed by atoms with Crippen molar-refractivity contribution < 1.29 is 29.0 Å². The Hall–Kier alpha value is -2.99. The highest BCUT2D eigenvalue weighted by Gasteiger charge is 2.34. The van der Waals surface area contributed by atoms with E-state index in [4.69, 9.17) is 14.2 Å². The van der Waals surface area contributed by atoms with E-state index in [-0.39, 0.29) is 17.3 Å². The van der Waals surface area contributed by atoms with Crippen molar-refractivity contribution in [3.63, 3.8) is 0 Å². The van der Waals surface area contributed by atoms with Crippen molar-refractivity contribution in [2.45, 2.75) is 38.8 Å². The van der Waals surface area contributed by atoms with Gasteiger partial charge in [0.25, 0.3) is 0 Å². The number of Topliss-reactive ketones (excluding diaryl/α,β-unsaturated/α-hetero) is 1. The number of ether oxygens (including phenoxy) is 3. The third kappa shape index (κ3) is 3.63. The van der Waals surface area contributed by atoms with Crippen molar-refractivity contribution in [2.24, 2.45) is 0 Å². The zero-order chi connectivity index (χ0) is 21.3. The minimum atomic E-state index is -0.196. The fourth-order valence-corrected chi connectivity index (χ4v) is 4.38. The summed E-state index contributed by atoms with van der Waals surface area (Å²) in [6.07, 6.45) is 5.26. The zero-order valence-electron chi connectivity index (χ0n) is 17.7. The first-order valence-corrected chi connectivity index (χ1v) is 10.4. The summed E-state index contributed by atoms with van der Waals surface area (Å²) in [4.78, 5) is 14.4. The number of phenols is 1. The molecule has 6 heteroatoms. The number of rotatable bonds is 5. The molecule has 0 bridgehead atoms. The molecule has 30 heavy (non-hydrogen) atoms. The van der Waals surface area contributed by atoms with Crippen LogP contribution in [0.1, 0.15) is 47.7 Å². The van der Waals surface area contributed by atoms with Gasteiger partial charge >= 0.3 is 0 Å². The third-order valence-corrected chi connectivity index (χ3v) is 6.12. The van der Waals surface area contributed by atoms with Crippen molar-refractivity contribution in [3.05, 3.63) is 52.8 Å². The molecule has 0 saturated carbocycles. The van der Waals surface area contributed by atoms with Crippen LogP contribution in [0.4, 0.5) is 0 Å². The molecule has 2 aliphatic rings. The average molecular weight is 410 g/mol. The average Bonchev–Trinajstić information content (AvgIpc) is 3.06. The first-order valence-electron chi connectivity index (χ1n) is 10.4. The van der Waals surface area contributed by atoms with E-state index in [1.807, 2.05) is 12.1 Å². The number of hydrogen-bond donors (Lipinski definition) is 2. The summed E-state index contributed by atoms with van der Waals surface area (Å²) in [5.41, 5.74) is 1.87. The summed E-state index contributed by atoms with van der Waals surface area (Å²) in [7, 11) is 3.13. The summed E-state index contributed by atoms with van der Waals surface area (Å²) in [6, 6.07) is 9.21. The molecule has 2 N–H and O–H groups in total. The number of piperidine rings is 1. The lowest BCUT2D eigenvalue weighted by Crippen LogP contribution is -3.14. The Balaban J connectivity index is 1.69. The standard InChI is InChI=1S/C24H27NO5/c1-15-7-4-5-12-25(15)14-18-19(26)11-10-17-22(27)21(30-24(17)18)13-16-8-6-9-20(28-2)23(16)29-3/h6,8-11,13,15,26H,4-5,7,12,14H2,1-3H3/p+1/t15-/m1/s1. The Morgan fingerprint density at radius 1 is 1.20 bits per heavy atom. The fourth-order valence-electron chi connectivity index (χ4n) is 4.38. The van der Waals surface area contributed by atoms with E-state index in [1.54, 1.807) is 38.5 Å². The lowest BCUT2D eigenvalue weighted by Gasteiger charge is -2.30. The molecule has 0 spiro atoms. The second-order valence-corrected chi connectivity index (χ2v) is 7.94. The van der Waals surface area contributed by atoms with Crippen LogP contribution in [0, 0.1) is 0 Å². The van der Waals surface area contributed by atoms with E-state index in [2.05, 4.69) is 6.92 Å². The molecule has 0 aromatic heterocycles. The molecule has 4 rings (SSSR count). The number of likely N-dealkylation sites (tertiary alicyclic amines) is 1. The van der Waals surface area contributed by atoms with Crippen molar-refractivity contribution in [1.82, 2.24) is 0 Å². The topological polar surface area (TPSA) is 69.4 Å². The monoisotopic (exact) mass is 410 g/mol. The number of fused-ring (bicyclic) bond motifs is 1. The van der Waals surface area contributed by atoms with Crippen LogP contribution in [0.2, 0.25) is 0 Å². The molecule has 0 radical (unpaired) electrons. The Kier molecular flexibility index (Phi) is 5.68. The number of para-hydroxylation sites is 1. The number of nitrogens with one attached hydrogen (secondary N) is 1. The van der Waals surface area contributed by atoms with Gasteiger partial charge in [-0.1, -0.05) is 12.1 Å². The molecule has 6 nitrogen and oxygen atoms in total. The molecule has 2 heterocycles. The molecular formula is C24H28NO5+. The number of methoxy groups -OCH3 is 2. The SMILES string of the molecule is COc1cccc(C=C2Oc3c(ccc(O)c3C[NH+]3CCCC[C@H]3C)C2=O)c1OC. The summed E-state index contributed by atoms with van der Waals surface area (Å²) in [5, 5.41) is 10.5. The summed E-state index contributed by atoms with van der Waals surface area (Å²) in [5.74, 6) is 1.78. The number of aromatic hydroxyl groups is 1. The number of hydrogen-bond acceptors (Lipinski definition) is 5. The van der Waals surface area contributed by atoms with Gasteiger partial charge in [0.2, 0.25) is 5.78 Å². The minimum Gasteiger partial charge on any atom is -0.507 e. The van der Waals surface area contributed by atoms with Gasteiger partial charge in [0, 0.05) is 5.56 Å². The van der Waals surface area contributed by atoms with Crippen LogP contribution in [0.5, 0.6) is 23.0 Å². The lowest BCUT2D eigenvalue weighted by atomic mass is 10.0. The van der Waals surface area contributed by atoms with E-state index in [9.17, 15) is 9.90 Å². The Bertz CT molecular complexity index is 997. The number of phenolic OH excluding ortho intramolecular Hbond substituents is 1. The first kappa shape index (κ1) is 20.3. The molecule has 2 aromatic carbocycles. The quantitative estimate of drug-likeness (QED) is 0.742. The predicted molar refractivity (Wildman–Crippen MR) is 113 cm³/mol. The highest BCUT2D eigenvalue weighted by atomic mass is 16.5. The third-order valence-electron chi connectivity index (χ3n) is 6.12. The van der Waals surface area contributed by atoms with Gasteiger partial charge in [-0.15, -0.1) is 0 Å². The molecule has 2 aromatic rings. The van der Waals surface area contributed by atoms with Gasteiger partial charge in [0.15, 0.2) is 23.0 Å². The van der Waals surface area contributed by atoms with Crippen LogP contribution in [0.3, 0.4) is 0 Å². The van der Waals surface area contributed by atoms with Crippen molar-refractivity contribution in [2.75, 3.05) is 20.8 Å². The first-order chi connectivity index (χ1) is 14.5. The van der Waals surface area contributed by atoms with Gasteiger partial charge in [-0.2, -0.15) is 0 Å². The molecule has 1 saturated heterocycles. The van der Waals surface area contributed by atoms with Crippen molar-refractivity contribution in [1.29, 1.82) is 0 Å². The Morgan fingerprint density at radius 2 is 2.03 bits per heavy atom. The van der Waals surface area contributed by atoms with Gasteiger partial charge < -0.3 is 24.2 Å². The Morgan fingerprint density at radius 3 is 2.77 bits per heavy atom. The molecule has 2 aliphatic heterocycles. The maximum absolute atomic E-state index is 13.0. The molecule has 1 fully saturated rings. The lowest BCUT2D eigenvalue weighted by molar-refractivity contribution is -0.941. The summed E-state index contributed by atoms with van der Waals surface area (Å²) >= 11 is 0. The smallest absolute Gasteiger partial charge is 0.231 e. The minimum absolute atomic E-state index is 0.173. The highest BCUT2D eigenvalue weighted by molar-refractivity contribution is 6.15. The van der Waals surface area contributed by atoms with E-state index >= 15 is 0 Å². The van der Waals surface area contributed by atoms with Crippen molar-refractivity contribution >= 4 is 11.9 Å². The van der Waals surface area contributed by atoms with Crippen LogP contribution in [-0.4, -0.2) is 37.7 Å². The number of carbonyl (C=O) groups is 1. The van der Waals surface area contributed by atoms with Gasteiger partial charge in [-0.25, -0.2) is 0 Å². The number of quaternary nitrogens is 1. The summed E-state index contributed by atoms with van der Waals surface area (Å²) < 4.78 is 16.8. The maximum atomic E-state index is 13.0. The Labute approximate surface area is 176 Å². The predicted octanol–water partition coefficient (Wildman–Crippen LogP) is 2.98. The van der Waals surface area contributed by atoms with Crippen LogP contribution in [0.15, 0.2) is 36.1 Å². The molecule has 158 valence electrons. The van der Waals surface area contributed by atoms with Gasteiger partial charge in [-0.05, 0) is 50.5 Å². The van der Waals surface area contributed by atoms with E-state index < -0.39 is 0 Å². The van der Waals surface area contributed by atoms with Gasteiger partial charge in [0.05, 0.1) is 37.9 Å². The number of carbonyl (C=O) groups excluding carboxylic acids is 1. The fraction of sp³-hybridized carbons (Fsp3) is 0.375. The van der Waals surface area contributed by atoms with Crippen LogP contribution in [0.25, 0.3) is 6.08 Å². The summed E-state index contributed by atoms with van der Waals surface area (Å²) in [6.45, 7) is 3.93. The largest absolute Gasteiger partial charge is 0.507 e. The highest BCUT2D eigenvalue weighted by Crippen LogP contribution is 2.40.